The van der Waals surface area contributed by atoms with Crippen LogP contribution in [0.2, 0.25) is 0 Å². The van der Waals surface area contributed by atoms with Gasteiger partial charge in [0.25, 0.3) is 0 Å². The van der Waals surface area contributed by atoms with E-state index in [0.29, 0.717) is 25.0 Å². The molecule has 2 aliphatic rings. The number of hydrogen-bond acceptors (Lipinski definition) is 3. The predicted molar refractivity (Wildman–Crippen MR) is 98.3 cm³/mol. The van der Waals surface area contributed by atoms with Crippen LogP contribution < -0.4 is 0 Å². The Hall–Kier alpha value is -1.55. The summed E-state index contributed by atoms with van der Waals surface area (Å²) in [7, 11) is 0. The summed E-state index contributed by atoms with van der Waals surface area (Å²) >= 11 is 0. The van der Waals surface area contributed by atoms with Gasteiger partial charge in [-0.05, 0) is 50.5 Å². The Kier molecular flexibility index (Phi) is 5.67. The molecule has 3 rings (SSSR count). The van der Waals surface area contributed by atoms with E-state index in [9.17, 15) is 4.79 Å². The largest absolute Gasteiger partial charge is 0.445 e. The van der Waals surface area contributed by atoms with Crippen LogP contribution in [0.5, 0.6) is 0 Å². The molecule has 2 fully saturated rings. The molecule has 1 aliphatic carbocycles. The summed E-state index contributed by atoms with van der Waals surface area (Å²) in [6, 6.07) is 10.0. The number of carbonyl (C=O) groups excluding carboxylic acids is 1. The van der Waals surface area contributed by atoms with Crippen LogP contribution in [0.3, 0.4) is 0 Å². The minimum Gasteiger partial charge on any atom is -0.445 e. The molecule has 1 heterocycles. The van der Waals surface area contributed by atoms with Gasteiger partial charge in [-0.2, -0.15) is 0 Å². The maximum absolute atomic E-state index is 12.7. The Morgan fingerprint density at radius 1 is 1.24 bits per heavy atom. The summed E-state index contributed by atoms with van der Waals surface area (Å²) in [5.41, 5.74) is 0.881. The van der Waals surface area contributed by atoms with E-state index in [-0.39, 0.29) is 17.7 Å². The van der Waals surface area contributed by atoms with Crippen molar-refractivity contribution in [2.45, 2.75) is 64.7 Å². The first-order valence-corrected chi connectivity index (χ1v) is 9.61. The van der Waals surface area contributed by atoms with E-state index >= 15 is 0 Å². The molecule has 25 heavy (non-hydrogen) atoms. The molecule has 0 spiro atoms. The lowest BCUT2D eigenvalue weighted by atomic mass is 9.94. The molecule has 2 unspecified atom stereocenters. The van der Waals surface area contributed by atoms with E-state index in [1.54, 1.807) is 0 Å². The van der Waals surface area contributed by atoms with Crippen LogP contribution in [0.25, 0.3) is 0 Å². The number of benzene rings is 1. The lowest BCUT2D eigenvalue weighted by molar-refractivity contribution is -0.0481. The summed E-state index contributed by atoms with van der Waals surface area (Å²) < 4.78 is 11.8. The van der Waals surface area contributed by atoms with Gasteiger partial charge < -0.3 is 14.4 Å². The van der Waals surface area contributed by atoms with Crippen molar-refractivity contribution in [3.63, 3.8) is 0 Å². The van der Waals surface area contributed by atoms with Gasteiger partial charge in [0.05, 0.1) is 18.2 Å². The van der Waals surface area contributed by atoms with Gasteiger partial charge in [0.2, 0.25) is 0 Å². The summed E-state index contributed by atoms with van der Waals surface area (Å²) in [5, 5.41) is 0. The number of hydrogen-bond donors (Lipinski definition) is 0. The Labute approximate surface area is 151 Å². The van der Waals surface area contributed by atoms with E-state index in [1.165, 1.54) is 19.3 Å². The normalized spacial score (nSPS) is 25.9. The van der Waals surface area contributed by atoms with Crippen LogP contribution in [0.4, 0.5) is 4.79 Å². The van der Waals surface area contributed by atoms with Crippen molar-refractivity contribution in [3.05, 3.63) is 35.9 Å². The van der Waals surface area contributed by atoms with E-state index < -0.39 is 0 Å². The highest BCUT2D eigenvalue weighted by Gasteiger charge is 2.47. The fourth-order valence-corrected chi connectivity index (χ4v) is 4.06. The first-order valence-electron chi connectivity index (χ1n) is 9.61. The lowest BCUT2D eigenvalue weighted by Crippen LogP contribution is -2.43. The highest BCUT2D eigenvalue weighted by Crippen LogP contribution is 2.42. The van der Waals surface area contributed by atoms with Gasteiger partial charge in [0.15, 0.2) is 0 Å². The van der Waals surface area contributed by atoms with Crippen molar-refractivity contribution in [2.75, 3.05) is 13.2 Å². The number of fused-ring (bicyclic) bond motifs is 1. The first-order chi connectivity index (χ1) is 12.0. The van der Waals surface area contributed by atoms with Gasteiger partial charge in [-0.25, -0.2) is 4.79 Å². The second kappa shape index (κ2) is 7.77. The molecule has 0 bridgehead atoms. The molecule has 138 valence electrons. The Bertz CT molecular complexity index is 572. The maximum Gasteiger partial charge on any atom is 0.410 e. The third-order valence-electron chi connectivity index (χ3n) is 5.98. The van der Waals surface area contributed by atoms with E-state index in [0.717, 1.165) is 18.5 Å². The molecule has 4 heteroatoms. The molecule has 4 nitrogen and oxygen atoms in total. The molecular weight excluding hydrogens is 314 g/mol. The highest BCUT2D eigenvalue weighted by molar-refractivity contribution is 5.68. The number of ether oxygens (including phenoxy) is 2. The minimum atomic E-state index is -0.193. The molecule has 0 aromatic heterocycles. The number of carbonyl (C=O) groups is 1. The van der Waals surface area contributed by atoms with Crippen molar-refractivity contribution < 1.29 is 14.3 Å². The summed E-state index contributed by atoms with van der Waals surface area (Å²) in [4.78, 5) is 14.6. The lowest BCUT2D eigenvalue weighted by Gasteiger charge is -2.31. The van der Waals surface area contributed by atoms with Crippen LogP contribution in [-0.2, 0) is 16.1 Å². The Morgan fingerprint density at radius 3 is 2.72 bits per heavy atom. The zero-order chi connectivity index (χ0) is 17.9. The third kappa shape index (κ3) is 4.35. The van der Waals surface area contributed by atoms with Gasteiger partial charge in [-0.3, -0.25) is 0 Å². The van der Waals surface area contributed by atoms with Crippen LogP contribution in [-0.4, -0.2) is 35.8 Å². The molecule has 1 amide bonds. The average molecular weight is 345 g/mol. The van der Waals surface area contributed by atoms with Gasteiger partial charge in [0.1, 0.15) is 6.61 Å². The summed E-state index contributed by atoms with van der Waals surface area (Å²) in [5.74, 6) is 1.18. The van der Waals surface area contributed by atoms with Gasteiger partial charge in [0, 0.05) is 6.54 Å². The molecule has 0 radical (unpaired) electrons. The Balaban J connectivity index is 1.62. The quantitative estimate of drug-likeness (QED) is 0.754. The summed E-state index contributed by atoms with van der Waals surface area (Å²) in [6.45, 7) is 8.14. The molecular formula is C21H31NO3. The highest BCUT2D eigenvalue weighted by atomic mass is 16.6. The third-order valence-corrected chi connectivity index (χ3v) is 5.98. The van der Waals surface area contributed by atoms with E-state index in [2.05, 4.69) is 20.8 Å². The monoisotopic (exact) mass is 345 g/mol. The average Bonchev–Trinajstić information content (AvgIpc) is 3.20. The number of amides is 1. The SMILES string of the molecule is CCC(C)(C)OC[C@@H]1C2CCCC2CN1C(=O)OCc1ccccc1. The van der Waals surface area contributed by atoms with Crippen LogP contribution in [0.15, 0.2) is 30.3 Å². The zero-order valence-corrected chi connectivity index (χ0v) is 15.7. The smallest absolute Gasteiger partial charge is 0.410 e. The molecule has 1 saturated heterocycles. The molecule has 1 aliphatic heterocycles. The van der Waals surface area contributed by atoms with Crippen molar-refractivity contribution in [3.8, 4) is 0 Å². The molecule has 1 aromatic carbocycles. The first kappa shape index (κ1) is 18.2. The maximum atomic E-state index is 12.7. The minimum absolute atomic E-state index is 0.143. The second-order valence-corrected chi connectivity index (χ2v) is 8.04. The molecule has 3 atom stereocenters. The van der Waals surface area contributed by atoms with Crippen LogP contribution >= 0.6 is 0 Å². The van der Waals surface area contributed by atoms with Gasteiger partial charge in [-0.15, -0.1) is 0 Å². The second-order valence-electron chi connectivity index (χ2n) is 8.04. The molecule has 0 N–H and O–H groups in total. The number of rotatable bonds is 6. The van der Waals surface area contributed by atoms with E-state index in [1.807, 2.05) is 35.2 Å². The fraction of sp³-hybridized carbons (Fsp3) is 0.667. The van der Waals surface area contributed by atoms with Crippen LogP contribution in [0, 0.1) is 11.8 Å². The standard InChI is InChI=1S/C21H31NO3/c1-4-21(2,3)25-15-19-18-12-8-11-17(18)13-22(19)20(23)24-14-16-9-6-5-7-10-16/h5-7,9-10,17-19H,4,8,11-15H2,1-3H3/t17?,18?,19-/m1/s1. The van der Waals surface area contributed by atoms with Crippen molar-refractivity contribution in [2.24, 2.45) is 11.8 Å². The van der Waals surface area contributed by atoms with Crippen LogP contribution in [0.1, 0.15) is 52.0 Å². The molecule has 1 aromatic rings. The van der Waals surface area contributed by atoms with Crippen molar-refractivity contribution in [1.82, 2.24) is 4.90 Å². The predicted octanol–water partition coefficient (Wildman–Crippen LogP) is 4.63. The van der Waals surface area contributed by atoms with Crippen molar-refractivity contribution >= 4 is 6.09 Å². The zero-order valence-electron chi connectivity index (χ0n) is 15.7. The Morgan fingerprint density at radius 2 is 2.00 bits per heavy atom. The molecule has 1 saturated carbocycles. The van der Waals surface area contributed by atoms with Crippen molar-refractivity contribution in [1.29, 1.82) is 0 Å². The fourth-order valence-electron chi connectivity index (χ4n) is 4.06. The summed E-state index contributed by atoms with van der Waals surface area (Å²) in [6.07, 6.45) is 4.47. The number of nitrogens with zero attached hydrogens (tertiary/aromatic N) is 1. The van der Waals surface area contributed by atoms with Gasteiger partial charge in [-0.1, -0.05) is 43.7 Å². The number of likely N-dealkylation sites (tertiary alicyclic amines) is 1. The van der Waals surface area contributed by atoms with Gasteiger partial charge >= 0.3 is 6.09 Å². The van der Waals surface area contributed by atoms with E-state index in [4.69, 9.17) is 9.47 Å². The topological polar surface area (TPSA) is 38.8 Å².